The van der Waals surface area contributed by atoms with Crippen molar-refractivity contribution in [2.45, 2.75) is 20.1 Å². The van der Waals surface area contributed by atoms with Crippen molar-refractivity contribution in [3.63, 3.8) is 0 Å². The van der Waals surface area contributed by atoms with Crippen molar-refractivity contribution in [2.75, 3.05) is 6.61 Å². The number of thiazole rings is 1. The average molecular weight is 326 g/mol. The molecule has 0 fully saturated rings. The predicted octanol–water partition coefficient (Wildman–Crippen LogP) is 3.44. The van der Waals surface area contributed by atoms with Crippen LogP contribution >= 0.6 is 11.3 Å². The molecule has 5 heteroatoms. The van der Waals surface area contributed by atoms with E-state index in [1.807, 2.05) is 55.5 Å². The highest BCUT2D eigenvalue weighted by atomic mass is 32.1. The first-order chi connectivity index (χ1) is 11.2. The second-order valence-corrected chi connectivity index (χ2v) is 6.39. The highest BCUT2D eigenvalue weighted by molar-refractivity contribution is 7.18. The van der Waals surface area contributed by atoms with Crippen molar-refractivity contribution in [3.05, 3.63) is 64.7 Å². The number of benzene rings is 2. The van der Waals surface area contributed by atoms with Gasteiger partial charge in [0.25, 0.3) is 0 Å². The van der Waals surface area contributed by atoms with E-state index in [1.165, 1.54) is 5.56 Å². The van der Waals surface area contributed by atoms with Gasteiger partial charge in [0.1, 0.15) is 11.6 Å². The molecule has 0 aliphatic heterocycles. The molecule has 23 heavy (non-hydrogen) atoms. The summed E-state index contributed by atoms with van der Waals surface area (Å²) in [6.45, 7) is 2.96. The molecule has 3 aromatic rings. The monoisotopic (exact) mass is 326 g/mol. The normalized spacial score (nSPS) is 10.8. The van der Waals surface area contributed by atoms with Gasteiger partial charge in [-0.05, 0) is 30.2 Å². The Bertz CT molecular complexity index is 780. The number of fused-ring (bicyclic) bond motifs is 1. The molecule has 0 aliphatic rings. The fourth-order valence-electron chi connectivity index (χ4n) is 2.27. The Morgan fingerprint density at radius 1 is 1.17 bits per heavy atom. The van der Waals surface area contributed by atoms with Crippen molar-refractivity contribution < 1.29 is 9.53 Å². The summed E-state index contributed by atoms with van der Waals surface area (Å²) in [5.41, 5.74) is 3.26. The van der Waals surface area contributed by atoms with Gasteiger partial charge in [0.2, 0.25) is 5.91 Å². The van der Waals surface area contributed by atoms with Gasteiger partial charge in [0, 0.05) is 6.54 Å². The number of aryl methyl sites for hydroxylation is 1. The first kappa shape index (κ1) is 15.6. The van der Waals surface area contributed by atoms with Crippen LogP contribution in [0.25, 0.3) is 10.2 Å². The number of hydrogen-bond donors (Lipinski definition) is 1. The van der Waals surface area contributed by atoms with E-state index in [9.17, 15) is 4.79 Å². The zero-order valence-corrected chi connectivity index (χ0v) is 13.7. The van der Waals surface area contributed by atoms with Crippen LogP contribution in [0.15, 0.2) is 48.5 Å². The average Bonchev–Trinajstić information content (AvgIpc) is 2.97. The van der Waals surface area contributed by atoms with Crippen LogP contribution < -0.4 is 5.32 Å². The summed E-state index contributed by atoms with van der Waals surface area (Å²) in [6.07, 6.45) is 0. The molecule has 0 unspecified atom stereocenters. The summed E-state index contributed by atoms with van der Waals surface area (Å²) < 4.78 is 6.60. The lowest BCUT2D eigenvalue weighted by atomic mass is 10.1. The van der Waals surface area contributed by atoms with Gasteiger partial charge in [0.15, 0.2) is 0 Å². The quantitative estimate of drug-likeness (QED) is 0.755. The molecule has 0 atom stereocenters. The van der Waals surface area contributed by atoms with Crippen LogP contribution in [0.5, 0.6) is 0 Å². The molecule has 1 aromatic heterocycles. The van der Waals surface area contributed by atoms with Crippen LogP contribution in [0.2, 0.25) is 0 Å². The number of ether oxygens (including phenoxy) is 1. The van der Waals surface area contributed by atoms with Crippen LogP contribution in [-0.4, -0.2) is 17.5 Å². The predicted molar refractivity (Wildman–Crippen MR) is 92.3 cm³/mol. The van der Waals surface area contributed by atoms with Gasteiger partial charge < -0.3 is 10.1 Å². The SMILES string of the molecule is Cc1ccccc1CNC(=O)COCc1nc2ccccc2s1. The second kappa shape index (κ2) is 7.35. The molecule has 0 radical (unpaired) electrons. The minimum atomic E-state index is -0.116. The molecule has 0 saturated carbocycles. The van der Waals surface area contributed by atoms with E-state index < -0.39 is 0 Å². The Labute approximate surface area is 139 Å². The molecular formula is C18H18N2O2S. The Balaban J connectivity index is 1.45. The molecule has 0 aliphatic carbocycles. The summed E-state index contributed by atoms with van der Waals surface area (Å²) >= 11 is 1.59. The van der Waals surface area contributed by atoms with Crippen LogP contribution in [0.3, 0.4) is 0 Å². The first-order valence-electron chi connectivity index (χ1n) is 7.46. The molecule has 0 spiro atoms. The highest BCUT2D eigenvalue weighted by Gasteiger charge is 2.06. The minimum absolute atomic E-state index is 0.0435. The summed E-state index contributed by atoms with van der Waals surface area (Å²) in [5, 5.41) is 3.76. The van der Waals surface area contributed by atoms with Crippen molar-refractivity contribution in [1.82, 2.24) is 10.3 Å². The molecular weight excluding hydrogens is 308 g/mol. The maximum Gasteiger partial charge on any atom is 0.246 e. The number of para-hydroxylation sites is 1. The number of nitrogens with one attached hydrogen (secondary N) is 1. The number of amides is 1. The van der Waals surface area contributed by atoms with Crippen molar-refractivity contribution >= 4 is 27.5 Å². The van der Waals surface area contributed by atoms with E-state index in [0.29, 0.717) is 13.2 Å². The van der Waals surface area contributed by atoms with Crippen LogP contribution in [0.1, 0.15) is 16.1 Å². The standard InChI is InChI=1S/C18H18N2O2S/c1-13-6-2-3-7-14(13)10-19-17(21)11-22-12-18-20-15-8-4-5-9-16(15)23-18/h2-9H,10-12H2,1H3,(H,19,21). The topological polar surface area (TPSA) is 51.2 Å². The number of rotatable bonds is 6. The third-order valence-electron chi connectivity index (χ3n) is 3.53. The summed E-state index contributed by atoms with van der Waals surface area (Å²) in [7, 11) is 0. The molecule has 0 bridgehead atoms. The van der Waals surface area contributed by atoms with E-state index in [-0.39, 0.29) is 12.5 Å². The molecule has 1 amide bonds. The minimum Gasteiger partial charge on any atom is -0.364 e. The number of aromatic nitrogens is 1. The van der Waals surface area contributed by atoms with E-state index in [2.05, 4.69) is 10.3 Å². The molecule has 1 heterocycles. The zero-order valence-electron chi connectivity index (χ0n) is 12.9. The Hall–Kier alpha value is -2.24. The largest absolute Gasteiger partial charge is 0.364 e. The van der Waals surface area contributed by atoms with Crippen molar-refractivity contribution in [2.24, 2.45) is 0 Å². The first-order valence-corrected chi connectivity index (χ1v) is 8.27. The van der Waals surface area contributed by atoms with Gasteiger partial charge >= 0.3 is 0 Å². The Morgan fingerprint density at radius 3 is 2.78 bits per heavy atom. The number of hydrogen-bond acceptors (Lipinski definition) is 4. The molecule has 3 rings (SSSR count). The molecule has 4 nitrogen and oxygen atoms in total. The van der Waals surface area contributed by atoms with Crippen LogP contribution in [-0.2, 0) is 22.7 Å². The lowest BCUT2D eigenvalue weighted by molar-refractivity contribution is -0.126. The van der Waals surface area contributed by atoms with Gasteiger partial charge in [-0.25, -0.2) is 4.98 Å². The zero-order chi connectivity index (χ0) is 16.1. The third-order valence-corrected chi connectivity index (χ3v) is 4.54. The second-order valence-electron chi connectivity index (χ2n) is 5.27. The summed E-state index contributed by atoms with van der Waals surface area (Å²) in [4.78, 5) is 16.3. The number of nitrogens with zero attached hydrogens (tertiary/aromatic N) is 1. The van der Waals surface area contributed by atoms with Crippen LogP contribution in [0, 0.1) is 6.92 Å². The molecule has 1 N–H and O–H groups in total. The third kappa shape index (κ3) is 4.15. The number of carbonyl (C=O) groups is 1. The van der Waals surface area contributed by atoms with E-state index >= 15 is 0 Å². The van der Waals surface area contributed by atoms with Gasteiger partial charge in [-0.1, -0.05) is 36.4 Å². The Morgan fingerprint density at radius 2 is 1.96 bits per heavy atom. The summed E-state index contributed by atoms with van der Waals surface area (Å²) in [6, 6.07) is 16.0. The fourth-order valence-corrected chi connectivity index (χ4v) is 3.17. The smallest absolute Gasteiger partial charge is 0.246 e. The molecule has 118 valence electrons. The van der Waals surface area contributed by atoms with Crippen molar-refractivity contribution in [3.8, 4) is 0 Å². The fraction of sp³-hybridized carbons (Fsp3) is 0.222. The molecule has 2 aromatic carbocycles. The van der Waals surface area contributed by atoms with E-state index in [0.717, 1.165) is 20.8 Å². The highest BCUT2D eigenvalue weighted by Crippen LogP contribution is 2.21. The van der Waals surface area contributed by atoms with Gasteiger partial charge in [-0.3, -0.25) is 4.79 Å². The Kier molecular flexibility index (Phi) is 5.00. The molecule has 0 saturated heterocycles. The van der Waals surface area contributed by atoms with E-state index in [1.54, 1.807) is 11.3 Å². The lowest BCUT2D eigenvalue weighted by Crippen LogP contribution is -2.27. The van der Waals surface area contributed by atoms with E-state index in [4.69, 9.17) is 4.74 Å². The number of carbonyl (C=O) groups excluding carboxylic acids is 1. The van der Waals surface area contributed by atoms with Gasteiger partial charge in [-0.2, -0.15) is 0 Å². The lowest BCUT2D eigenvalue weighted by Gasteiger charge is -2.07. The van der Waals surface area contributed by atoms with Crippen molar-refractivity contribution in [1.29, 1.82) is 0 Å². The van der Waals surface area contributed by atoms with Gasteiger partial charge in [-0.15, -0.1) is 11.3 Å². The van der Waals surface area contributed by atoms with Crippen LogP contribution in [0.4, 0.5) is 0 Å². The maximum atomic E-state index is 11.8. The summed E-state index contributed by atoms with van der Waals surface area (Å²) in [5.74, 6) is -0.116. The van der Waals surface area contributed by atoms with Gasteiger partial charge in [0.05, 0.1) is 16.8 Å². The maximum absolute atomic E-state index is 11.8.